The van der Waals surface area contributed by atoms with Gasteiger partial charge < -0.3 is 19.9 Å². The molecule has 0 spiro atoms. The number of aromatic nitrogens is 2. The van der Waals surface area contributed by atoms with E-state index in [4.69, 9.17) is 11.2 Å². The molecule has 7 heteroatoms. The lowest BCUT2D eigenvalue weighted by atomic mass is 10.1. The number of hydrogen-bond acceptors (Lipinski definition) is 4. The first-order valence-electron chi connectivity index (χ1n) is 8.24. The molecule has 0 aromatic carbocycles. The Kier molecular flexibility index (Phi) is 6.64. The standard InChI is InChI=1S/C17H27N5O2/c1-5-8-22(13-15-7-6-9-24-15)17(23)18-11-16(20(2)3)14-10-19-21(4)12-14/h1,10,12,15-16H,6-9,11,13H2,2-4H3,(H,18,23). The molecule has 0 aliphatic carbocycles. The van der Waals surface area contributed by atoms with Crippen LogP contribution in [0.15, 0.2) is 12.4 Å². The van der Waals surface area contributed by atoms with Gasteiger partial charge in [-0.1, -0.05) is 5.92 Å². The van der Waals surface area contributed by atoms with Crippen LogP contribution in [0.1, 0.15) is 24.4 Å². The number of terminal acetylenes is 1. The minimum Gasteiger partial charge on any atom is -0.376 e. The van der Waals surface area contributed by atoms with Crippen molar-refractivity contribution in [2.45, 2.75) is 25.0 Å². The summed E-state index contributed by atoms with van der Waals surface area (Å²) >= 11 is 0. The van der Waals surface area contributed by atoms with Gasteiger partial charge >= 0.3 is 6.03 Å². The number of hydrogen-bond donors (Lipinski definition) is 1. The lowest BCUT2D eigenvalue weighted by molar-refractivity contribution is 0.0843. The zero-order chi connectivity index (χ0) is 17.5. The molecule has 0 bridgehead atoms. The third-order valence-corrected chi connectivity index (χ3v) is 4.20. The van der Waals surface area contributed by atoms with Crippen LogP contribution < -0.4 is 5.32 Å². The smallest absolute Gasteiger partial charge is 0.318 e. The van der Waals surface area contributed by atoms with Crippen molar-refractivity contribution in [2.24, 2.45) is 7.05 Å². The van der Waals surface area contributed by atoms with Gasteiger partial charge in [0.25, 0.3) is 0 Å². The van der Waals surface area contributed by atoms with E-state index in [9.17, 15) is 4.79 Å². The van der Waals surface area contributed by atoms with Crippen LogP contribution in [-0.2, 0) is 11.8 Å². The molecule has 1 saturated heterocycles. The molecule has 2 unspecified atom stereocenters. The normalized spacial score (nSPS) is 18.4. The van der Waals surface area contributed by atoms with E-state index in [0.29, 0.717) is 13.1 Å². The van der Waals surface area contributed by atoms with Crippen molar-refractivity contribution in [3.63, 3.8) is 0 Å². The van der Waals surface area contributed by atoms with E-state index >= 15 is 0 Å². The quantitative estimate of drug-likeness (QED) is 0.752. The van der Waals surface area contributed by atoms with Gasteiger partial charge in [0.15, 0.2) is 0 Å². The number of amides is 2. The fourth-order valence-corrected chi connectivity index (χ4v) is 2.87. The van der Waals surface area contributed by atoms with Gasteiger partial charge in [0, 0.05) is 38.5 Å². The van der Waals surface area contributed by atoms with Crippen LogP contribution in [0, 0.1) is 12.3 Å². The SMILES string of the molecule is C#CCN(CC1CCCO1)C(=O)NCC(c1cnn(C)c1)N(C)C. The Bertz CT molecular complexity index is 572. The van der Waals surface area contributed by atoms with Crippen molar-refractivity contribution in [3.8, 4) is 12.3 Å². The summed E-state index contributed by atoms with van der Waals surface area (Å²) in [6, 6.07) is -0.0998. The highest BCUT2D eigenvalue weighted by atomic mass is 16.5. The molecule has 1 fully saturated rings. The Morgan fingerprint density at radius 3 is 2.96 bits per heavy atom. The zero-order valence-corrected chi connectivity index (χ0v) is 14.7. The molecule has 0 radical (unpaired) electrons. The number of carbonyl (C=O) groups is 1. The van der Waals surface area contributed by atoms with Crippen LogP contribution in [0.2, 0.25) is 0 Å². The number of nitrogens with zero attached hydrogens (tertiary/aromatic N) is 4. The Hall–Kier alpha value is -2.04. The second kappa shape index (κ2) is 8.71. The topological polar surface area (TPSA) is 62.6 Å². The van der Waals surface area contributed by atoms with Crippen molar-refractivity contribution < 1.29 is 9.53 Å². The predicted molar refractivity (Wildman–Crippen MR) is 92.4 cm³/mol. The van der Waals surface area contributed by atoms with Crippen LogP contribution in [0.3, 0.4) is 0 Å². The number of carbonyl (C=O) groups excluding carboxylic acids is 1. The summed E-state index contributed by atoms with van der Waals surface area (Å²) in [7, 11) is 5.84. The van der Waals surface area contributed by atoms with Crippen LogP contribution in [0.25, 0.3) is 0 Å². The van der Waals surface area contributed by atoms with Crippen molar-refractivity contribution in [1.29, 1.82) is 0 Å². The van der Waals surface area contributed by atoms with E-state index in [0.717, 1.165) is 25.0 Å². The van der Waals surface area contributed by atoms with E-state index < -0.39 is 0 Å². The number of aryl methyl sites for hydroxylation is 1. The number of ether oxygens (including phenoxy) is 1. The highest BCUT2D eigenvalue weighted by Gasteiger charge is 2.23. The molecule has 7 nitrogen and oxygen atoms in total. The minimum absolute atomic E-state index is 0.0538. The van der Waals surface area contributed by atoms with Gasteiger partial charge in [0.2, 0.25) is 0 Å². The molecule has 2 atom stereocenters. The molecule has 1 N–H and O–H groups in total. The van der Waals surface area contributed by atoms with E-state index in [2.05, 4.69) is 21.2 Å². The Balaban J connectivity index is 1.93. The molecule has 1 aliphatic rings. The summed E-state index contributed by atoms with van der Waals surface area (Å²) < 4.78 is 7.37. The van der Waals surface area contributed by atoms with Crippen molar-refractivity contribution >= 4 is 6.03 Å². The third-order valence-electron chi connectivity index (χ3n) is 4.20. The summed E-state index contributed by atoms with van der Waals surface area (Å²) in [5.41, 5.74) is 1.06. The molecule has 1 aliphatic heterocycles. The monoisotopic (exact) mass is 333 g/mol. The average Bonchev–Trinajstić information content (AvgIpc) is 3.18. The van der Waals surface area contributed by atoms with Gasteiger partial charge in [0.1, 0.15) is 0 Å². The van der Waals surface area contributed by atoms with Gasteiger partial charge in [-0.15, -0.1) is 6.42 Å². The van der Waals surface area contributed by atoms with Crippen LogP contribution >= 0.6 is 0 Å². The Morgan fingerprint density at radius 2 is 2.42 bits per heavy atom. The first-order valence-corrected chi connectivity index (χ1v) is 8.24. The molecule has 0 saturated carbocycles. The van der Waals surface area contributed by atoms with Crippen LogP contribution in [-0.4, -0.2) is 72.1 Å². The molecule has 1 aromatic rings. The van der Waals surface area contributed by atoms with Gasteiger partial charge in [-0.3, -0.25) is 4.68 Å². The first-order chi connectivity index (χ1) is 11.5. The maximum absolute atomic E-state index is 12.5. The molecule has 2 amide bonds. The van der Waals surface area contributed by atoms with E-state index in [1.54, 1.807) is 9.58 Å². The summed E-state index contributed by atoms with van der Waals surface area (Å²) in [5.74, 6) is 2.55. The average molecular weight is 333 g/mol. The third kappa shape index (κ3) is 4.98. The highest BCUT2D eigenvalue weighted by molar-refractivity contribution is 5.74. The lowest BCUT2D eigenvalue weighted by Gasteiger charge is -2.27. The molecule has 24 heavy (non-hydrogen) atoms. The molecular formula is C17H27N5O2. The summed E-state index contributed by atoms with van der Waals surface area (Å²) in [5, 5.41) is 7.19. The van der Waals surface area contributed by atoms with Gasteiger partial charge in [0.05, 0.1) is 24.9 Å². The number of likely N-dealkylation sites (N-methyl/N-ethyl adjacent to an activating group) is 1. The van der Waals surface area contributed by atoms with Crippen LogP contribution in [0.4, 0.5) is 4.79 Å². The highest BCUT2D eigenvalue weighted by Crippen LogP contribution is 2.17. The predicted octanol–water partition coefficient (Wildman–Crippen LogP) is 0.847. The van der Waals surface area contributed by atoms with Crippen LogP contribution in [0.5, 0.6) is 0 Å². The fraction of sp³-hybridized carbons (Fsp3) is 0.647. The molecule has 2 rings (SSSR count). The molecular weight excluding hydrogens is 306 g/mol. The van der Waals surface area contributed by atoms with E-state index in [1.165, 1.54) is 0 Å². The van der Waals surface area contributed by atoms with Crippen molar-refractivity contribution in [3.05, 3.63) is 18.0 Å². The number of rotatable bonds is 7. The number of nitrogens with one attached hydrogen (secondary N) is 1. The van der Waals surface area contributed by atoms with Crippen molar-refractivity contribution in [1.82, 2.24) is 24.9 Å². The summed E-state index contributed by atoms with van der Waals surface area (Å²) in [4.78, 5) is 16.2. The fourth-order valence-electron chi connectivity index (χ4n) is 2.87. The molecule has 132 valence electrons. The van der Waals surface area contributed by atoms with Gasteiger partial charge in [-0.25, -0.2) is 4.79 Å². The second-order valence-electron chi connectivity index (χ2n) is 6.33. The Morgan fingerprint density at radius 1 is 1.62 bits per heavy atom. The minimum atomic E-state index is -0.154. The molecule has 1 aromatic heterocycles. The first kappa shape index (κ1) is 18.3. The number of urea groups is 1. The Labute approximate surface area is 143 Å². The summed E-state index contributed by atoms with van der Waals surface area (Å²) in [6.45, 7) is 2.07. The molecule has 2 heterocycles. The maximum Gasteiger partial charge on any atom is 0.318 e. The summed E-state index contributed by atoms with van der Waals surface area (Å²) in [6.07, 6.45) is 11.3. The second-order valence-corrected chi connectivity index (χ2v) is 6.33. The maximum atomic E-state index is 12.5. The largest absolute Gasteiger partial charge is 0.376 e. The van der Waals surface area contributed by atoms with E-state index in [1.807, 2.05) is 33.5 Å². The van der Waals surface area contributed by atoms with Gasteiger partial charge in [-0.2, -0.15) is 5.10 Å². The van der Waals surface area contributed by atoms with E-state index in [-0.39, 0.29) is 24.7 Å². The zero-order valence-electron chi connectivity index (χ0n) is 14.7. The lowest BCUT2D eigenvalue weighted by Crippen LogP contribution is -2.46. The van der Waals surface area contributed by atoms with Gasteiger partial charge in [-0.05, 0) is 26.9 Å². The van der Waals surface area contributed by atoms with Crippen molar-refractivity contribution in [2.75, 3.05) is 40.3 Å².